The first-order valence-corrected chi connectivity index (χ1v) is 9.66. The number of amides is 2. The fourth-order valence-corrected chi connectivity index (χ4v) is 4.64. The van der Waals surface area contributed by atoms with E-state index in [1.807, 2.05) is 32.0 Å². The fourth-order valence-electron chi connectivity index (χ4n) is 3.10. The van der Waals surface area contributed by atoms with E-state index >= 15 is 0 Å². The van der Waals surface area contributed by atoms with Gasteiger partial charge < -0.3 is 4.90 Å². The highest BCUT2D eigenvalue weighted by Crippen LogP contribution is 2.32. The van der Waals surface area contributed by atoms with Gasteiger partial charge in [0.1, 0.15) is 9.57 Å². The molecule has 4 nitrogen and oxygen atoms in total. The second-order valence-corrected chi connectivity index (χ2v) is 8.30. The van der Waals surface area contributed by atoms with E-state index in [1.165, 1.54) is 23.1 Å². The number of likely N-dealkylation sites (tertiary alicyclic amines) is 1. The number of carbonyl (C=O) groups excluding carboxylic acids is 2. The highest BCUT2D eigenvalue weighted by Gasteiger charge is 2.41. The minimum atomic E-state index is -0.395. The highest BCUT2D eigenvalue weighted by atomic mass is 32.2. The maximum atomic E-state index is 12.7. The van der Waals surface area contributed by atoms with Gasteiger partial charge in [-0.25, -0.2) is 4.90 Å². The van der Waals surface area contributed by atoms with Crippen molar-refractivity contribution in [1.82, 2.24) is 4.90 Å². The van der Waals surface area contributed by atoms with Crippen LogP contribution in [0.1, 0.15) is 36.8 Å². The Labute approximate surface area is 152 Å². The molecule has 0 spiro atoms. The van der Waals surface area contributed by atoms with E-state index in [9.17, 15) is 9.59 Å². The summed E-state index contributed by atoms with van der Waals surface area (Å²) in [4.78, 5) is 28.6. The Morgan fingerprint density at radius 2 is 1.83 bits per heavy atom. The van der Waals surface area contributed by atoms with Gasteiger partial charge >= 0.3 is 0 Å². The van der Waals surface area contributed by atoms with Crippen LogP contribution in [-0.2, 0) is 9.59 Å². The van der Waals surface area contributed by atoms with Gasteiger partial charge in [0.2, 0.25) is 11.8 Å². The third kappa shape index (κ3) is 3.49. The van der Waals surface area contributed by atoms with Crippen LogP contribution in [0.5, 0.6) is 0 Å². The molecular formula is C18H22N2O2S2. The lowest BCUT2D eigenvalue weighted by Crippen LogP contribution is -2.35. The zero-order chi connectivity index (χ0) is 17.3. The molecule has 2 aliphatic heterocycles. The van der Waals surface area contributed by atoms with Crippen molar-refractivity contribution >= 4 is 45.8 Å². The molecule has 2 heterocycles. The minimum absolute atomic E-state index is 0.137. The van der Waals surface area contributed by atoms with Crippen LogP contribution in [0.25, 0.3) is 0 Å². The first-order valence-electron chi connectivity index (χ1n) is 8.37. The van der Waals surface area contributed by atoms with Crippen molar-refractivity contribution < 1.29 is 9.59 Å². The zero-order valence-corrected chi connectivity index (χ0v) is 15.7. The van der Waals surface area contributed by atoms with Crippen molar-refractivity contribution in [1.29, 1.82) is 0 Å². The van der Waals surface area contributed by atoms with E-state index in [0.29, 0.717) is 5.69 Å². The number of hydrogen-bond acceptors (Lipinski definition) is 4. The fraction of sp³-hybridized carbons (Fsp3) is 0.500. The van der Waals surface area contributed by atoms with Crippen molar-refractivity contribution in [2.24, 2.45) is 0 Å². The van der Waals surface area contributed by atoms with Crippen molar-refractivity contribution in [3.05, 3.63) is 29.3 Å². The molecule has 0 unspecified atom stereocenters. The summed E-state index contributed by atoms with van der Waals surface area (Å²) in [6.07, 6.45) is 3.76. The number of rotatable bonds is 2. The molecule has 0 N–H and O–H groups in total. The zero-order valence-electron chi connectivity index (χ0n) is 14.1. The smallest absolute Gasteiger partial charge is 0.247 e. The molecule has 0 aliphatic carbocycles. The van der Waals surface area contributed by atoms with Crippen LogP contribution in [0.15, 0.2) is 18.2 Å². The number of thioether (sulfide) groups is 1. The maximum Gasteiger partial charge on any atom is 0.247 e. The molecule has 0 radical (unpaired) electrons. The standard InChI is InChI=1S/C18H22N2O2S2/c1-12-6-7-14(10-13(12)2)20-16(21)11-15(17(20)22)24-18(23)19-8-4-3-5-9-19/h6-7,10,15H,3-5,8-9,11H2,1-2H3/t15-/m0/s1. The van der Waals surface area contributed by atoms with Crippen LogP contribution in [-0.4, -0.2) is 39.4 Å². The highest BCUT2D eigenvalue weighted by molar-refractivity contribution is 8.23. The Morgan fingerprint density at radius 3 is 2.50 bits per heavy atom. The Balaban J connectivity index is 1.71. The molecule has 2 saturated heterocycles. The van der Waals surface area contributed by atoms with Crippen molar-refractivity contribution in [3.8, 4) is 0 Å². The van der Waals surface area contributed by atoms with Gasteiger partial charge in [-0.1, -0.05) is 30.0 Å². The Morgan fingerprint density at radius 1 is 1.12 bits per heavy atom. The summed E-state index contributed by atoms with van der Waals surface area (Å²) < 4.78 is 0.753. The van der Waals surface area contributed by atoms with E-state index in [-0.39, 0.29) is 18.2 Å². The third-order valence-electron chi connectivity index (χ3n) is 4.71. The predicted octanol–water partition coefficient (Wildman–Crippen LogP) is 3.44. The second-order valence-electron chi connectivity index (χ2n) is 6.46. The number of aryl methyl sites for hydroxylation is 2. The lowest BCUT2D eigenvalue weighted by Gasteiger charge is -2.29. The number of imide groups is 1. The minimum Gasteiger partial charge on any atom is -0.358 e. The van der Waals surface area contributed by atoms with E-state index in [2.05, 4.69) is 4.90 Å². The summed E-state index contributed by atoms with van der Waals surface area (Å²) in [5.74, 6) is -0.283. The Kier molecular flexibility index (Phi) is 5.25. The van der Waals surface area contributed by atoms with Gasteiger partial charge in [-0.2, -0.15) is 0 Å². The maximum absolute atomic E-state index is 12.7. The van der Waals surface area contributed by atoms with Crippen LogP contribution >= 0.6 is 24.0 Å². The molecule has 6 heteroatoms. The van der Waals surface area contributed by atoms with E-state index in [0.717, 1.165) is 41.4 Å². The predicted molar refractivity (Wildman–Crippen MR) is 102 cm³/mol. The molecule has 2 amide bonds. The van der Waals surface area contributed by atoms with Crippen molar-refractivity contribution in [2.75, 3.05) is 18.0 Å². The third-order valence-corrected chi connectivity index (χ3v) is 6.37. The van der Waals surface area contributed by atoms with Crippen LogP contribution in [0.2, 0.25) is 0 Å². The monoisotopic (exact) mass is 362 g/mol. The number of thiocarbonyl (C=S) groups is 1. The summed E-state index contributed by atoms with van der Waals surface area (Å²) in [5, 5.41) is -0.395. The van der Waals surface area contributed by atoms with Gasteiger partial charge in [0.05, 0.1) is 5.69 Å². The number of anilines is 1. The average Bonchev–Trinajstić information content (AvgIpc) is 2.85. The average molecular weight is 363 g/mol. The Hall–Kier alpha value is -1.40. The molecular weight excluding hydrogens is 340 g/mol. The molecule has 2 fully saturated rings. The Bertz CT molecular complexity index is 684. The molecule has 24 heavy (non-hydrogen) atoms. The number of nitrogens with zero attached hydrogens (tertiary/aromatic N) is 2. The van der Waals surface area contributed by atoms with Crippen LogP contribution in [0.4, 0.5) is 5.69 Å². The number of piperidine rings is 1. The van der Waals surface area contributed by atoms with Gasteiger partial charge in [0, 0.05) is 19.5 Å². The molecule has 2 aliphatic rings. The number of benzene rings is 1. The SMILES string of the molecule is Cc1ccc(N2C(=O)C[C@H](SC(=S)N3CCCCC3)C2=O)cc1C. The van der Waals surface area contributed by atoms with E-state index in [4.69, 9.17) is 12.2 Å². The first kappa shape index (κ1) is 17.4. The van der Waals surface area contributed by atoms with Gasteiger partial charge in [0.15, 0.2) is 0 Å². The topological polar surface area (TPSA) is 40.6 Å². The molecule has 1 atom stereocenters. The summed E-state index contributed by atoms with van der Waals surface area (Å²) in [6.45, 7) is 5.92. The molecule has 0 aromatic heterocycles. The number of hydrogen-bond donors (Lipinski definition) is 0. The van der Waals surface area contributed by atoms with Gasteiger partial charge in [-0.15, -0.1) is 0 Å². The summed E-state index contributed by atoms with van der Waals surface area (Å²) in [6, 6.07) is 5.69. The van der Waals surface area contributed by atoms with Gasteiger partial charge in [0.25, 0.3) is 0 Å². The molecule has 1 aromatic rings. The molecule has 0 bridgehead atoms. The van der Waals surface area contributed by atoms with Crippen LogP contribution < -0.4 is 4.90 Å². The summed E-state index contributed by atoms with van der Waals surface area (Å²) >= 11 is 6.88. The quantitative estimate of drug-likeness (QED) is 0.595. The number of carbonyl (C=O) groups is 2. The van der Waals surface area contributed by atoms with Gasteiger partial charge in [-0.05, 0) is 56.4 Å². The molecule has 1 aromatic carbocycles. The molecule has 0 saturated carbocycles. The summed E-state index contributed by atoms with van der Waals surface area (Å²) in [7, 11) is 0. The van der Waals surface area contributed by atoms with E-state index in [1.54, 1.807) is 0 Å². The summed E-state index contributed by atoms with van der Waals surface area (Å²) in [5.41, 5.74) is 2.89. The molecule has 3 rings (SSSR count). The normalized spacial score (nSPS) is 21.5. The van der Waals surface area contributed by atoms with E-state index < -0.39 is 5.25 Å². The lowest BCUT2D eigenvalue weighted by atomic mass is 10.1. The molecule has 128 valence electrons. The van der Waals surface area contributed by atoms with Crippen LogP contribution in [0.3, 0.4) is 0 Å². The van der Waals surface area contributed by atoms with Gasteiger partial charge in [-0.3, -0.25) is 9.59 Å². The first-order chi connectivity index (χ1) is 11.5. The van der Waals surface area contributed by atoms with Crippen molar-refractivity contribution in [3.63, 3.8) is 0 Å². The largest absolute Gasteiger partial charge is 0.358 e. The van der Waals surface area contributed by atoms with Crippen molar-refractivity contribution in [2.45, 2.75) is 44.8 Å². The van der Waals surface area contributed by atoms with Crippen LogP contribution in [0, 0.1) is 13.8 Å². The lowest BCUT2D eigenvalue weighted by molar-refractivity contribution is -0.121. The second kappa shape index (κ2) is 7.23.